The number of thiophene rings is 1. The second kappa shape index (κ2) is 15.6. The lowest BCUT2D eigenvalue weighted by atomic mass is 9.99. The number of nitrogens with zero attached hydrogens (tertiary/aromatic N) is 4. The van der Waals surface area contributed by atoms with E-state index < -0.39 is 0 Å². The summed E-state index contributed by atoms with van der Waals surface area (Å²) in [7, 11) is 0. The van der Waals surface area contributed by atoms with Crippen LogP contribution in [0.4, 0.5) is 0 Å². The van der Waals surface area contributed by atoms with E-state index in [1.807, 2.05) is 72.0 Å². The lowest BCUT2D eigenvalue weighted by Gasteiger charge is -2.13. The third-order valence-corrected chi connectivity index (χ3v) is 12.3. The molecule has 0 bridgehead atoms. The molecule has 4 nitrogen and oxygen atoms in total. The molecule has 0 radical (unpaired) electrons. The summed E-state index contributed by atoms with van der Waals surface area (Å²) < 4.78 is 5.04. The zero-order valence-electron chi connectivity index (χ0n) is 31.6. The highest BCUT2D eigenvalue weighted by atomic mass is 32.2. The predicted molar refractivity (Wildman–Crippen MR) is 241 cm³/mol. The van der Waals surface area contributed by atoms with Gasteiger partial charge in [0, 0.05) is 63.8 Å². The molecule has 0 saturated heterocycles. The molecule has 3 heterocycles. The maximum absolute atomic E-state index is 4.98. The topological polar surface area (TPSA) is 43.6 Å². The van der Waals surface area contributed by atoms with Gasteiger partial charge >= 0.3 is 0 Å². The minimum atomic E-state index is 0.643. The molecule has 0 unspecified atom stereocenters. The first-order valence-electron chi connectivity index (χ1n) is 19.1. The summed E-state index contributed by atoms with van der Waals surface area (Å²) >= 11 is 3.69. The molecule has 0 spiro atoms. The Hall–Kier alpha value is -6.08. The smallest absolute Gasteiger partial charge is 0.164 e. The summed E-state index contributed by atoms with van der Waals surface area (Å²) in [6.45, 7) is 4.36. The van der Waals surface area contributed by atoms with Crippen LogP contribution in [0.5, 0.6) is 0 Å². The first-order chi connectivity index (χ1) is 27.7. The Labute approximate surface area is 335 Å². The summed E-state index contributed by atoms with van der Waals surface area (Å²) in [5.74, 6) is 1.95. The molecule has 7 aromatic carbocycles. The molecule has 0 atom stereocenters. The zero-order valence-corrected chi connectivity index (χ0v) is 33.2. The number of benzene rings is 7. The van der Waals surface area contributed by atoms with Gasteiger partial charge in [0.1, 0.15) is 0 Å². The van der Waals surface area contributed by atoms with Gasteiger partial charge < -0.3 is 4.57 Å². The Morgan fingerprint density at radius 2 is 1.05 bits per heavy atom. The fourth-order valence-electron chi connectivity index (χ4n) is 7.37. The fourth-order valence-corrected chi connectivity index (χ4v) is 9.22. The third kappa shape index (κ3) is 6.45. The number of hydrogen-bond donors (Lipinski definition) is 0. The maximum Gasteiger partial charge on any atom is 0.164 e. The van der Waals surface area contributed by atoms with Crippen molar-refractivity contribution in [2.45, 2.75) is 31.6 Å². The van der Waals surface area contributed by atoms with E-state index in [1.54, 1.807) is 11.8 Å². The van der Waals surface area contributed by atoms with Gasteiger partial charge in [0.05, 0.1) is 11.0 Å². The van der Waals surface area contributed by atoms with E-state index in [2.05, 4.69) is 128 Å². The van der Waals surface area contributed by atoms with Gasteiger partial charge in [-0.1, -0.05) is 142 Å². The standard InChI is InChI=1S/C46H30N4S2.C4H10/c1-51-39-22-12-9-19-34(39)37-28-36-33-18-8-11-21-38(33)50(42(36)41-35-20-10-13-23-40(35)52-43(37)41)32-26-24-31(25-27-32)46-48-44(29-14-4-2-5-15-29)47-45(49-46)30-16-6-3-7-17-30;1-3-4-2/h2-28H,1H3;3-4H2,1-2H3. The Balaban J connectivity index is 0.000000980. The van der Waals surface area contributed by atoms with Crippen molar-refractivity contribution in [2.24, 2.45) is 0 Å². The van der Waals surface area contributed by atoms with E-state index in [1.165, 1.54) is 70.8 Å². The molecule has 0 aliphatic carbocycles. The second-order valence-electron chi connectivity index (χ2n) is 13.8. The van der Waals surface area contributed by atoms with E-state index in [4.69, 9.17) is 15.0 Å². The fraction of sp³-hybridized carbons (Fsp3) is 0.100. The third-order valence-electron chi connectivity index (χ3n) is 10.3. The van der Waals surface area contributed by atoms with Crippen LogP contribution < -0.4 is 0 Å². The van der Waals surface area contributed by atoms with Gasteiger partial charge in [0.15, 0.2) is 17.5 Å². The Morgan fingerprint density at radius 3 is 1.68 bits per heavy atom. The SMILES string of the molecule is CCCC.CSc1ccccc1-c1cc2c3ccccc3n(-c3ccc(-c4nc(-c5ccccc5)nc(-c5ccccc5)n4)cc3)c2c2c1sc1ccccc12. The van der Waals surface area contributed by atoms with Crippen LogP contribution in [0.25, 0.3) is 93.0 Å². The summed E-state index contributed by atoms with van der Waals surface area (Å²) in [4.78, 5) is 16.1. The van der Waals surface area contributed by atoms with Crippen molar-refractivity contribution in [2.75, 3.05) is 6.26 Å². The lowest BCUT2D eigenvalue weighted by molar-refractivity contribution is 0.886. The average Bonchev–Trinajstić information content (AvgIpc) is 3.83. The normalized spacial score (nSPS) is 11.3. The van der Waals surface area contributed by atoms with E-state index in [0.717, 1.165) is 22.4 Å². The van der Waals surface area contributed by atoms with Crippen molar-refractivity contribution in [1.29, 1.82) is 0 Å². The number of unbranched alkanes of at least 4 members (excludes halogenated alkanes) is 1. The first kappa shape index (κ1) is 35.6. The Bertz CT molecular complexity index is 2910. The number of fused-ring (bicyclic) bond motifs is 7. The molecule has 0 N–H and O–H groups in total. The van der Waals surface area contributed by atoms with Crippen molar-refractivity contribution in [1.82, 2.24) is 19.5 Å². The van der Waals surface area contributed by atoms with Crippen LogP contribution in [-0.4, -0.2) is 25.8 Å². The van der Waals surface area contributed by atoms with Crippen LogP contribution >= 0.6 is 23.1 Å². The van der Waals surface area contributed by atoms with Crippen LogP contribution in [-0.2, 0) is 0 Å². The molecule has 56 heavy (non-hydrogen) atoms. The van der Waals surface area contributed by atoms with E-state index in [0.29, 0.717) is 17.5 Å². The zero-order chi connectivity index (χ0) is 38.0. The van der Waals surface area contributed by atoms with Crippen LogP contribution in [0.15, 0.2) is 169 Å². The van der Waals surface area contributed by atoms with Gasteiger partial charge in [0.25, 0.3) is 0 Å². The molecular formula is C50H40N4S2. The highest BCUT2D eigenvalue weighted by Gasteiger charge is 2.22. The van der Waals surface area contributed by atoms with Crippen molar-refractivity contribution in [3.05, 3.63) is 164 Å². The highest BCUT2D eigenvalue weighted by Crippen LogP contribution is 2.48. The van der Waals surface area contributed by atoms with E-state index in [9.17, 15) is 0 Å². The van der Waals surface area contributed by atoms with Gasteiger partial charge in [-0.2, -0.15) is 0 Å². The largest absolute Gasteiger partial charge is 0.309 e. The first-order valence-corrected chi connectivity index (χ1v) is 21.2. The highest BCUT2D eigenvalue weighted by molar-refractivity contribution is 7.98. The van der Waals surface area contributed by atoms with Crippen molar-refractivity contribution < 1.29 is 0 Å². The lowest BCUT2D eigenvalue weighted by Crippen LogP contribution is -2.00. The van der Waals surface area contributed by atoms with Crippen LogP contribution in [0, 0.1) is 0 Å². The Morgan fingerprint density at radius 1 is 0.518 bits per heavy atom. The van der Waals surface area contributed by atoms with Gasteiger partial charge in [-0.15, -0.1) is 23.1 Å². The van der Waals surface area contributed by atoms with Crippen LogP contribution in [0.1, 0.15) is 26.7 Å². The number of rotatable bonds is 7. The van der Waals surface area contributed by atoms with Crippen molar-refractivity contribution >= 4 is 65.1 Å². The molecule has 0 aliphatic rings. The van der Waals surface area contributed by atoms with Gasteiger partial charge in [-0.25, -0.2) is 15.0 Å². The summed E-state index contributed by atoms with van der Waals surface area (Å²) in [5.41, 5.74) is 8.89. The molecular weight excluding hydrogens is 721 g/mol. The molecule has 272 valence electrons. The van der Waals surface area contributed by atoms with Crippen molar-refractivity contribution in [3.8, 4) is 51.0 Å². The predicted octanol–water partition coefficient (Wildman–Crippen LogP) is 14.5. The molecule has 10 aromatic rings. The summed E-state index contributed by atoms with van der Waals surface area (Å²) in [6.07, 6.45) is 4.80. The molecule has 3 aromatic heterocycles. The number of hydrogen-bond acceptors (Lipinski definition) is 5. The van der Waals surface area contributed by atoms with E-state index >= 15 is 0 Å². The summed E-state index contributed by atoms with van der Waals surface area (Å²) in [6, 6.07) is 57.7. The monoisotopic (exact) mass is 760 g/mol. The molecule has 10 rings (SSSR count). The minimum absolute atomic E-state index is 0.643. The molecule has 6 heteroatoms. The van der Waals surface area contributed by atoms with Crippen LogP contribution in [0.2, 0.25) is 0 Å². The quantitative estimate of drug-likeness (QED) is 0.152. The molecule has 0 fully saturated rings. The van der Waals surface area contributed by atoms with Gasteiger partial charge in [-0.05, 0) is 60.4 Å². The molecule has 0 saturated carbocycles. The second-order valence-corrected chi connectivity index (χ2v) is 15.7. The minimum Gasteiger partial charge on any atom is -0.309 e. The Kier molecular flexibility index (Phi) is 9.91. The molecule has 0 aliphatic heterocycles. The van der Waals surface area contributed by atoms with E-state index in [-0.39, 0.29) is 0 Å². The summed E-state index contributed by atoms with van der Waals surface area (Å²) in [5, 5.41) is 5.06. The number of para-hydroxylation sites is 1. The maximum atomic E-state index is 4.98. The van der Waals surface area contributed by atoms with Gasteiger partial charge in [0.2, 0.25) is 0 Å². The van der Waals surface area contributed by atoms with Gasteiger partial charge in [-0.3, -0.25) is 0 Å². The number of aromatic nitrogens is 4. The number of thioether (sulfide) groups is 1. The molecule has 0 amide bonds. The van der Waals surface area contributed by atoms with Crippen LogP contribution in [0.3, 0.4) is 0 Å². The average molecular weight is 761 g/mol. The van der Waals surface area contributed by atoms with Crippen molar-refractivity contribution in [3.63, 3.8) is 0 Å².